The SMILES string of the molecule is N#Cc1nccnc1N1CCCC1C(N)=O. The van der Waals surface area contributed by atoms with Gasteiger partial charge in [-0.2, -0.15) is 5.26 Å². The molecule has 2 heterocycles. The molecule has 1 unspecified atom stereocenters. The topological polar surface area (TPSA) is 95.9 Å². The fraction of sp³-hybridized carbons (Fsp3) is 0.400. The molecule has 1 atom stereocenters. The Balaban J connectivity index is 2.37. The zero-order valence-electron chi connectivity index (χ0n) is 8.63. The number of carbonyl (C=O) groups excluding carboxylic acids is 1. The highest BCUT2D eigenvalue weighted by atomic mass is 16.1. The second-order valence-electron chi connectivity index (χ2n) is 3.59. The van der Waals surface area contributed by atoms with Gasteiger partial charge in [-0.3, -0.25) is 4.79 Å². The molecule has 0 radical (unpaired) electrons. The Hall–Kier alpha value is -2.16. The number of carbonyl (C=O) groups is 1. The smallest absolute Gasteiger partial charge is 0.240 e. The number of primary amides is 1. The second kappa shape index (κ2) is 4.14. The van der Waals surface area contributed by atoms with Crippen molar-refractivity contribution in [1.82, 2.24) is 9.97 Å². The number of anilines is 1. The van der Waals surface area contributed by atoms with Crippen LogP contribution in [0.1, 0.15) is 18.5 Å². The average Bonchev–Trinajstić information content (AvgIpc) is 2.77. The van der Waals surface area contributed by atoms with Crippen molar-refractivity contribution in [2.75, 3.05) is 11.4 Å². The van der Waals surface area contributed by atoms with Crippen LogP contribution in [-0.2, 0) is 4.79 Å². The Morgan fingerprint density at radius 1 is 1.56 bits per heavy atom. The molecule has 1 saturated heterocycles. The first-order valence-electron chi connectivity index (χ1n) is 5.01. The minimum atomic E-state index is -0.382. The fourth-order valence-electron chi connectivity index (χ4n) is 1.94. The fourth-order valence-corrected chi connectivity index (χ4v) is 1.94. The van der Waals surface area contributed by atoms with E-state index in [1.807, 2.05) is 6.07 Å². The van der Waals surface area contributed by atoms with Gasteiger partial charge in [0.15, 0.2) is 11.5 Å². The third-order valence-electron chi connectivity index (χ3n) is 2.64. The number of nitriles is 1. The van der Waals surface area contributed by atoms with E-state index in [0.717, 1.165) is 6.42 Å². The molecular weight excluding hydrogens is 206 g/mol. The second-order valence-corrected chi connectivity index (χ2v) is 3.59. The molecule has 0 spiro atoms. The van der Waals surface area contributed by atoms with E-state index in [4.69, 9.17) is 11.0 Å². The molecule has 1 amide bonds. The van der Waals surface area contributed by atoms with E-state index >= 15 is 0 Å². The highest BCUT2D eigenvalue weighted by Gasteiger charge is 2.31. The van der Waals surface area contributed by atoms with Gasteiger partial charge >= 0.3 is 0 Å². The molecular formula is C10H11N5O. The summed E-state index contributed by atoms with van der Waals surface area (Å²) < 4.78 is 0. The molecule has 1 fully saturated rings. The van der Waals surface area contributed by atoms with Gasteiger partial charge in [0, 0.05) is 18.9 Å². The van der Waals surface area contributed by atoms with Crippen molar-refractivity contribution in [3.05, 3.63) is 18.1 Å². The first kappa shape index (κ1) is 10.4. The molecule has 1 aromatic heterocycles. The summed E-state index contributed by atoms with van der Waals surface area (Å²) >= 11 is 0. The van der Waals surface area contributed by atoms with Crippen LogP contribution in [0.2, 0.25) is 0 Å². The number of nitrogens with zero attached hydrogens (tertiary/aromatic N) is 4. The van der Waals surface area contributed by atoms with Crippen LogP contribution < -0.4 is 10.6 Å². The molecule has 6 nitrogen and oxygen atoms in total. The molecule has 0 aliphatic carbocycles. The van der Waals surface area contributed by atoms with Gasteiger partial charge in [-0.25, -0.2) is 9.97 Å². The van der Waals surface area contributed by atoms with Gasteiger partial charge in [0.2, 0.25) is 5.91 Å². The van der Waals surface area contributed by atoms with Crippen molar-refractivity contribution < 1.29 is 4.79 Å². The number of nitrogens with two attached hydrogens (primary N) is 1. The monoisotopic (exact) mass is 217 g/mol. The van der Waals surface area contributed by atoms with Crippen LogP contribution in [0.15, 0.2) is 12.4 Å². The van der Waals surface area contributed by atoms with E-state index in [1.165, 1.54) is 12.4 Å². The molecule has 0 saturated carbocycles. The van der Waals surface area contributed by atoms with E-state index in [0.29, 0.717) is 18.8 Å². The lowest BCUT2D eigenvalue weighted by Crippen LogP contribution is -2.41. The molecule has 0 aromatic carbocycles. The van der Waals surface area contributed by atoms with Crippen LogP contribution in [0.3, 0.4) is 0 Å². The van der Waals surface area contributed by atoms with Crippen LogP contribution in [0.25, 0.3) is 0 Å². The van der Waals surface area contributed by atoms with Gasteiger partial charge < -0.3 is 10.6 Å². The third kappa shape index (κ3) is 1.67. The Bertz CT molecular complexity index is 453. The first-order valence-corrected chi connectivity index (χ1v) is 5.01. The number of amides is 1. The third-order valence-corrected chi connectivity index (χ3v) is 2.64. The molecule has 82 valence electrons. The summed E-state index contributed by atoms with van der Waals surface area (Å²) in [7, 11) is 0. The summed E-state index contributed by atoms with van der Waals surface area (Å²) in [6.07, 6.45) is 4.54. The molecule has 1 aliphatic heterocycles. The van der Waals surface area contributed by atoms with E-state index in [2.05, 4.69) is 9.97 Å². The highest BCUT2D eigenvalue weighted by molar-refractivity contribution is 5.84. The van der Waals surface area contributed by atoms with Gasteiger partial charge in [-0.15, -0.1) is 0 Å². The summed E-state index contributed by atoms with van der Waals surface area (Å²) in [5, 5.41) is 8.91. The maximum absolute atomic E-state index is 11.2. The summed E-state index contributed by atoms with van der Waals surface area (Å²) in [5.41, 5.74) is 5.54. The Morgan fingerprint density at radius 2 is 2.31 bits per heavy atom. The first-order chi connectivity index (χ1) is 7.74. The van der Waals surface area contributed by atoms with E-state index in [1.54, 1.807) is 4.90 Å². The van der Waals surface area contributed by atoms with E-state index in [9.17, 15) is 4.79 Å². The lowest BCUT2D eigenvalue weighted by Gasteiger charge is -2.23. The standard InChI is InChI=1S/C10H11N5O/c11-6-7-10(14-4-3-13-7)15-5-1-2-8(15)9(12)16/h3-4,8H,1-2,5H2,(H2,12,16). The van der Waals surface area contributed by atoms with Crippen molar-refractivity contribution in [3.8, 4) is 6.07 Å². The lowest BCUT2D eigenvalue weighted by molar-refractivity contribution is -0.119. The van der Waals surface area contributed by atoms with Gasteiger partial charge in [0.1, 0.15) is 12.1 Å². The predicted octanol–water partition coefficient (Wildman–Crippen LogP) is -0.198. The van der Waals surface area contributed by atoms with Crippen molar-refractivity contribution >= 4 is 11.7 Å². The minimum absolute atomic E-state index is 0.232. The molecule has 1 aromatic rings. The zero-order chi connectivity index (χ0) is 11.5. The van der Waals surface area contributed by atoms with Gasteiger partial charge in [0.25, 0.3) is 0 Å². The Morgan fingerprint density at radius 3 is 3.00 bits per heavy atom. The normalized spacial score (nSPS) is 19.4. The quantitative estimate of drug-likeness (QED) is 0.740. The van der Waals surface area contributed by atoms with Gasteiger partial charge in [0.05, 0.1) is 0 Å². The molecule has 2 rings (SSSR count). The minimum Gasteiger partial charge on any atom is -0.368 e. The van der Waals surface area contributed by atoms with Crippen molar-refractivity contribution in [2.24, 2.45) is 5.73 Å². The van der Waals surface area contributed by atoms with Crippen LogP contribution in [0.5, 0.6) is 0 Å². The lowest BCUT2D eigenvalue weighted by atomic mass is 10.2. The van der Waals surface area contributed by atoms with Crippen LogP contribution in [0, 0.1) is 11.3 Å². The Labute approximate surface area is 92.7 Å². The average molecular weight is 217 g/mol. The number of hydrogen-bond acceptors (Lipinski definition) is 5. The molecule has 2 N–H and O–H groups in total. The van der Waals surface area contributed by atoms with Crippen LogP contribution in [0.4, 0.5) is 5.82 Å². The molecule has 1 aliphatic rings. The van der Waals surface area contributed by atoms with Gasteiger partial charge in [-0.05, 0) is 12.8 Å². The maximum atomic E-state index is 11.2. The summed E-state index contributed by atoms with van der Waals surface area (Å²) in [6, 6.07) is 1.59. The summed E-state index contributed by atoms with van der Waals surface area (Å²) in [5.74, 6) is 0.0679. The van der Waals surface area contributed by atoms with Gasteiger partial charge in [-0.1, -0.05) is 0 Å². The predicted molar refractivity (Wildman–Crippen MR) is 56.3 cm³/mol. The van der Waals surface area contributed by atoms with Crippen LogP contribution >= 0.6 is 0 Å². The Kier molecular flexibility index (Phi) is 2.68. The van der Waals surface area contributed by atoms with E-state index in [-0.39, 0.29) is 17.6 Å². The summed E-state index contributed by atoms with van der Waals surface area (Å²) in [4.78, 5) is 21.0. The number of hydrogen-bond donors (Lipinski definition) is 1. The molecule has 16 heavy (non-hydrogen) atoms. The highest BCUT2D eigenvalue weighted by Crippen LogP contribution is 2.24. The van der Waals surface area contributed by atoms with Crippen LogP contribution in [-0.4, -0.2) is 28.5 Å². The molecule has 0 bridgehead atoms. The maximum Gasteiger partial charge on any atom is 0.240 e. The number of rotatable bonds is 2. The van der Waals surface area contributed by atoms with Crippen molar-refractivity contribution in [1.29, 1.82) is 5.26 Å². The zero-order valence-corrected chi connectivity index (χ0v) is 8.63. The summed E-state index contributed by atoms with van der Waals surface area (Å²) in [6.45, 7) is 0.682. The molecule has 6 heteroatoms. The van der Waals surface area contributed by atoms with Crippen molar-refractivity contribution in [2.45, 2.75) is 18.9 Å². The van der Waals surface area contributed by atoms with Crippen molar-refractivity contribution in [3.63, 3.8) is 0 Å². The number of aromatic nitrogens is 2. The van der Waals surface area contributed by atoms with E-state index < -0.39 is 0 Å². The largest absolute Gasteiger partial charge is 0.368 e.